The molecule has 0 fully saturated rings. The summed E-state index contributed by atoms with van der Waals surface area (Å²) in [6.07, 6.45) is 2.51. The van der Waals surface area contributed by atoms with Crippen LogP contribution >= 0.6 is 0 Å². The van der Waals surface area contributed by atoms with Crippen LogP contribution in [0.25, 0.3) is 0 Å². The maximum atomic E-state index is 12.5. The molecule has 0 aliphatic rings. The van der Waals surface area contributed by atoms with Gasteiger partial charge in [0.15, 0.2) is 0 Å². The van der Waals surface area contributed by atoms with Gasteiger partial charge in [0.25, 0.3) is 0 Å². The molecule has 0 bridgehead atoms. The summed E-state index contributed by atoms with van der Waals surface area (Å²) in [6.45, 7) is 7.68. The first-order valence-corrected chi connectivity index (χ1v) is 7.52. The number of benzene rings is 1. The van der Waals surface area contributed by atoms with E-state index >= 15 is 0 Å². The average Bonchev–Trinajstić information content (AvgIpc) is 2.49. The number of amides is 1. The standard InChI is InChI=1S/C18H25NO4/c1-14(11-12-16(20)22-5)19(17(21)23-18(2,3)4)13-15-9-7-6-8-10-15/h6-12,14H,13H2,1-5H3/b12-11+/t14-/m0/s1. The molecular weight excluding hydrogens is 294 g/mol. The number of nitrogens with zero attached hydrogens (tertiary/aromatic N) is 1. The second-order valence-electron chi connectivity index (χ2n) is 6.22. The van der Waals surface area contributed by atoms with Crippen molar-refractivity contribution in [3.8, 4) is 0 Å². The molecule has 0 saturated carbocycles. The maximum Gasteiger partial charge on any atom is 0.411 e. The van der Waals surface area contributed by atoms with E-state index in [1.54, 1.807) is 11.0 Å². The van der Waals surface area contributed by atoms with Crippen LogP contribution in [0.4, 0.5) is 4.79 Å². The quantitative estimate of drug-likeness (QED) is 0.615. The molecule has 0 radical (unpaired) electrons. The van der Waals surface area contributed by atoms with Gasteiger partial charge in [0.1, 0.15) is 5.60 Å². The molecule has 1 rings (SSSR count). The Morgan fingerprint density at radius 1 is 1.22 bits per heavy atom. The van der Waals surface area contributed by atoms with Crippen molar-refractivity contribution < 1.29 is 19.1 Å². The molecule has 0 aromatic heterocycles. The summed E-state index contributed by atoms with van der Waals surface area (Å²) < 4.78 is 10.0. The molecule has 0 N–H and O–H groups in total. The maximum absolute atomic E-state index is 12.5. The van der Waals surface area contributed by atoms with Crippen molar-refractivity contribution in [2.24, 2.45) is 0 Å². The van der Waals surface area contributed by atoms with Gasteiger partial charge in [0.05, 0.1) is 13.2 Å². The number of hydrogen-bond acceptors (Lipinski definition) is 4. The van der Waals surface area contributed by atoms with Gasteiger partial charge in [-0.05, 0) is 33.3 Å². The lowest BCUT2D eigenvalue weighted by Crippen LogP contribution is -2.41. The predicted octanol–water partition coefficient (Wildman–Crippen LogP) is 3.54. The van der Waals surface area contributed by atoms with Gasteiger partial charge in [0, 0.05) is 12.6 Å². The van der Waals surface area contributed by atoms with Gasteiger partial charge in [-0.1, -0.05) is 36.4 Å². The van der Waals surface area contributed by atoms with Crippen molar-refractivity contribution in [2.45, 2.75) is 45.9 Å². The topological polar surface area (TPSA) is 55.8 Å². The number of esters is 1. The van der Waals surface area contributed by atoms with E-state index in [0.29, 0.717) is 6.54 Å². The van der Waals surface area contributed by atoms with Crippen LogP contribution in [0.1, 0.15) is 33.3 Å². The lowest BCUT2D eigenvalue weighted by atomic mass is 10.1. The Morgan fingerprint density at radius 2 is 1.83 bits per heavy atom. The summed E-state index contributed by atoms with van der Waals surface area (Å²) in [6, 6.07) is 9.31. The number of hydrogen-bond donors (Lipinski definition) is 0. The van der Waals surface area contributed by atoms with Gasteiger partial charge in [-0.3, -0.25) is 4.90 Å². The number of carbonyl (C=O) groups is 2. The normalized spacial score (nSPS) is 12.7. The van der Waals surface area contributed by atoms with Gasteiger partial charge < -0.3 is 9.47 Å². The fourth-order valence-corrected chi connectivity index (χ4v) is 1.87. The van der Waals surface area contributed by atoms with Crippen LogP contribution in [0.2, 0.25) is 0 Å². The zero-order valence-corrected chi connectivity index (χ0v) is 14.4. The zero-order valence-electron chi connectivity index (χ0n) is 14.4. The fourth-order valence-electron chi connectivity index (χ4n) is 1.87. The second kappa shape index (κ2) is 8.36. The van der Waals surface area contributed by atoms with Crippen molar-refractivity contribution in [3.05, 3.63) is 48.0 Å². The third-order valence-corrected chi connectivity index (χ3v) is 3.03. The Morgan fingerprint density at radius 3 is 2.35 bits per heavy atom. The molecule has 0 heterocycles. The van der Waals surface area contributed by atoms with E-state index in [1.807, 2.05) is 58.0 Å². The molecule has 0 aliphatic heterocycles. The van der Waals surface area contributed by atoms with Crippen LogP contribution in [-0.2, 0) is 20.8 Å². The highest BCUT2D eigenvalue weighted by atomic mass is 16.6. The van der Waals surface area contributed by atoms with E-state index in [4.69, 9.17) is 4.74 Å². The van der Waals surface area contributed by atoms with E-state index in [1.165, 1.54) is 13.2 Å². The van der Waals surface area contributed by atoms with Crippen LogP contribution in [0.3, 0.4) is 0 Å². The molecule has 0 aliphatic carbocycles. The summed E-state index contributed by atoms with van der Waals surface area (Å²) in [5.41, 5.74) is 0.398. The Hall–Kier alpha value is -2.30. The lowest BCUT2D eigenvalue weighted by molar-refractivity contribution is -0.134. The highest BCUT2D eigenvalue weighted by molar-refractivity contribution is 5.82. The monoisotopic (exact) mass is 319 g/mol. The van der Waals surface area contributed by atoms with E-state index < -0.39 is 17.7 Å². The minimum absolute atomic E-state index is 0.316. The average molecular weight is 319 g/mol. The third-order valence-electron chi connectivity index (χ3n) is 3.03. The minimum atomic E-state index is -0.586. The summed E-state index contributed by atoms with van der Waals surface area (Å²) in [4.78, 5) is 25.3. The molecule has 1 atom stereocenters. The van der Waals surface area contributed by atoms with Crippen molar-refractivity contribution in [1.82, 2.24) is 4.90 Å². The van der Waals surface area contributed by atoms with Crippen molar-refractivity contribution in [1.29, 1.82) is 0 Å². The first-order valence-electron chi connectivity index (χ1n) is 7.52. The Labute approximate surface area is 137 Å². The molecule has 0 spiro atoms. The molecule has 23 heavy (non-hydrogen) atoms. The van der Waals surface area contributed by atoms with Crippen LogP contribution in [0, 0.1) is 0 Å². The minimum Gasteiger partial charge on any atom is -0.466 e. The van der Waals surface area contributed by atoms with E-state index in [0.717, 1.165) is 5.56 Å². The molecule has 126 valence electrons. The van der Waals surface area contributed by atoms with E-state index in [-0.39, 0.29) is 6.04 Å². The first-order chi connectivity index (χ1) is 10.7. The first kappa shape index (κ1) is 18.7. The summed E-state index contributed by atoms with van der Waals surface area (Å²) in [7, 11) is 1.31. The van der Waals surface area contributed by atoms with Gasteiger partial charge in [-0.25, -0.2) is 9.59 Å². The summed E-state index contributed by atoms with van der Waals surface area (Å²) >= 11 is 0. The van der Waals surface area contributed by atoms with Crippen LogP contribution < -0.4 is 0 Å². The van der Waals surface area contributed by atoms with Gasteiger partial charge >= 0.3 is 12.1 Å². The number of rotatable bonds is 5. The zero-order chi connectivity index (χ0) is 17.5. The highest BCUT2D eigenvalue weighted by Gasteiger charge is 2.25. The van der Waals surface area contributed by atoms with Crippen LogP contribution in [0.5, 0.6) is 0 Å². The largest absolute Gasteiger partial charge is 0.466 e. The molecular formula is C18H25NO4. The Balaban J connectivity index is 2.93. The third kappa shape index (κ3) is 7.00. The summed E-state index contributed by atoms with van der Waals surface area (Å²) in [5, 5.41) is 0. The molecule has 5 nitrogen and oxygen atoms in total. The van der Waals surface area contributed by atoms with Crippen molar-refractivity contribution in [2.75, 3.05) is 7.11 Å². The second-order valence-corrected chi connectivity index (χ2v) is 6.22. The number of carbonyl (C=O) groups excluding carboxylic acids is 2. The lowest BCUT2D eigenvalue weighted by Gasteiger charge is -2.30. The SMILES string of the molecule is COC(=O)/C=C/[C@H](C)N(Cc1ccccc1)C(=O)OC(C)(C)C. The Kier molecular flexibility index (Phi) is 6.82. The van der Waals surface area contributed by atoms with Gasteiger partial charge in [-0.15, -0.1) is 0 Å². The number of ether oxygens (including phenoxy) is 2. The molecule has 1 aromatic carbocycles. The molecule has 5 heteroatoms. The van der Waals surface area contributed by atoms with Gasteiger partial charge in [-0.2, -0.15) is 0 Å². The Bertz CT molecular complexity index is 546. The molecule has 1 amide bonds. The fraction of sp³-hybridized carbons (Fsp3) is 0.444. The van der Waals surface area contributed by atoms with E-state index in [2.05, 4.69) is 4.74 Å². The van der Waals surface area contributed by atoms with Gasteiger partial charge in [0.2, 0.25) is 0 Å². The molecule has 0 unspecified atom stereocenters. The molecule has 1 aromatic rings. The summed E-state index contributed by atoms with van der Waals surface area (Å²) in [5.74, 6) is -0.458. The predicted molar refractivity (Wildman–Crippen MR) is 88.8 cm³/mol. The highest BCUT2D eigenvalue weighted by Crippen LogP contribution is 2.16. The van der Waals surface area contributed by atoms with Crippen LogP contribution in [0.15, 0.2) is 42.5 Å². The molecule has 0 saturated heterocycles. The van der Waals surface area contributed by atoms with Crippen molar-refractivity contribution in [3.63, 3.8) is 0 Å². The van der Waals surface area contributed by atoms with Crippen LogP contribution in [-0.4, -0.2) is 35.7 Å². The van der Waals surface area contributed by atoms with E-state index in [9.17, 15) is 9.59 Å². The smallest absolute Gasteiger partial charge is 0.411 e. The van der Waals surface area contributed by atoms with Crippen molar-refractivity contribution >= 4 is 12.1 Å². The number of methoxy groups -OCH3 is 1.